The summed E-state index contributed by atoms with van der Waals surface area (Å²) in [6.45, 7) is 0. The summed E-state index contributed by atoms with van der Waals surface area (Å²) in [5.74, 6) is 0.0283. The van der Waals surface area contributed by atoms with E-state index in [0.717, 1.165) is 6.42 Å². The minimum atomic E-state index is -0.384. The Morgan fingerprint density at radius 2 is 2.17 bits per heavy atom. The van der Waals surface area contributed by atoms with Crippen LogP contribution < -0.4 is 0 Å². The first kappa shape index (κ1) is 8.16. The van der Waals surface area contributed by atoms with E-state index in [1.54, 1.807) is 7.11 Å². The molecule has 0 radical (unpaired) electrons. The van der Waals surface area contributed by atoms with Crippen LogP contribution in [0, 0.1) is 0 Å². The molecule has 0 saturated carbocycles. The van der Waals surface area contributed by atoms with E-state index in [0.29, 0.717) is 0 Å². The molecule has 2 rings (SSSR count). The summed E-state index contributed by atoms with van der Waals surface area (Å²) in [6.07, 6.45) is -0.122. The summed E-state index contributed by atoms with van der Waals surface area (Å²) >= 11 is 0. The monoisotopic (exact) mass is 172 g/mol. The van der Waals surface area contributed by atoms with E-state index in [2.05, 4.69) is 0 Å². The highest BCUT2D eigenvalue weighted by molar-refractivity contribution is 5.91. The van der Waals surface area contributed by atoms with Crippen molar-refractivity contribution in [1.82, 2.24) is 0 Å². The summed E-state index contributed by atoms with van der Waals surface area (Å²) < 4.78 is 15.5. The predicted molar refractivity (Wildman–Crippen MR) is 39.9 cm³/mol. The van der Waals surface area contributed by atoms with Crippen LogP contribution in [0.5, 0.6) is 0 Å². The second kappa shape index (κ2) is 2.80. The van der Waals surface area contributed by atoms with Gasteiger partial charge in [0.15, 0.2) is 5.78 Å². The van der Waals surface area contributed by atoms with Crippen LogP contribution in [0.2, 0.25) is 0 Å². The van der Waals surface area contributed by atoms with Gasteiger partial charge in [0, 0.05) is 20.6 Å². The summed E-state index contributed by atoms with van der Waals surface area (Å²) in [4.78, 5) is 11.4. The van der Waals surface area contributed by atoms with E-state index in [-0.39, 0.29) is 30.2 Å². The van der Waals surface area contributed by atoms with Crippen LogP contribution in [0.1, 0.15) is 6.42 Å². The van der Waals surface area contributed by atoms with Crippen LogP contribution >= 0.6 is 0 Å². The Kier molecular flexibility index (Phi) is 1.90. The Morgan fingerprint density at radius 1 is 1.42 bits per heavy atom. The molecule has 2 aliphatic rings. The van der Waals surface area contributed by atoms with Crippen LogP contribution in [-0.4, -0.2) is 44.4 Å². The molecule has 2 saturated heterocycles. The minimum Gasteiger partial charge on any atom is -0.378 e. The van der Waals surface area contributed by atoms with E-state index in [9.17, 15) is 4.79 Å². The molecule has 2 aliphatic heterocycles. The maximum absolute atomic E-state index is 11.4. The number of hydrogen-bond donors (Lipinski definition) is 0. The zero-order valence-electron chi connectivity index (χ0n) is 7.15. The number of ether oxygens (including phenoxy) is 3. The van der Waals surface area contributed by atoms with Crippen molar-refractivity contribution < 1.29 is 19.0 Å². The van der Waals surface area contributed by atoms with Gasteiger partial charge in [-0.3, -0.25) is 4.79 Å². The maximum atomic E-state index is 11.4. The summed E-state index contributed by atoms with van der Waals surface area (Å²) in [7, 11) is 3.14. The van der Waals surface area contributed by atoms with Gasteiger partial charge in [0.2, 0.25) is 0 Å². The van der Waals surface area contributed by atoms with Gasteiger partial charge < -0.3 is 14.2 Å². The normalized spacial score (nSPS) is 45.7. The molecule has 12 heavy (non-hydrogen) atoms. The topological polar surface area (TPSA) is 44.8 Å². The lowest BCUT2D eigenvalue weighted by molar-refractivity contribution is -0.133. The van der Waals surface area contributed by atoms with E-state index >= 15 is 0 Å². The zero-order valence-corrected chi connectivity index (χ0v) is 7.15. The maximum Gasteiger partial charge on any atom is 0.195 e. The third kappa shape index (κ3) is 0.920. The molecule has 0 unspecified atom stereocenters. The van der Waals surface area contributed by atoms with E-state index in [1.165, 1.54) is 7.11 Å². The van der Waals surface area contributed by atoms with Crippen molar-refractivity contribution >= 4 is 5.78 Å². The quantitative estimate of drug-likeness (QED) is 0.576. The van der Waals surface area contributed by atoms with E-state index in [1.807, 2.05) is 0 Å². The third-order valence-corrected chi connectivity index (χ3v) is 2.58. The van der Waals surface area contributed by atoms with Crippen molar-refractivity contribution in [2.45, 2.75) is 30.8 Å². The standard InChI is InChI=1S/C8H12O4/c1-10-4-3-5-7(11-2)6(9)8(4)12-5/h4-5,7-8H,3H2,1-2H3/t4-,5-,7+,8+/m0/s1. The molecular weight excluding hydrogens is 160 g/mol. The van der Waals surface area contributed by atoms with Gasteiger partial charge in [-0.1, -0.05) is 0 Å². The molecule has 4 nitrogen and oxygen atoms in total. The van der Waals surface area contributed by atoms with Gasteiger partial charge in [0.05, 0.1) is 12.2 Å². The second-order valence-corrected chi connectivity index (χ2v) is 3.16. The Morgan fingerprint density at radius 3 is 2.67 bits per heavy atom. The first-order valence-corrected chi connectivity index (χ1v) is 4.02. The third-order valence-electron chi connectivity index (χ3n) is 2.58. The average molecular weight is 172 g/mol. The number of rotatable bonds is 2. The number of fused-ring (bicyclic) bond motifs is 2. The fourth-order valence-corrected chi connectivity index (χ4v) is 1.96. The highest BCUT2D eigenvalue weighted by Gasteiger charge is 2.54. The van der Waals surface area contributed by atoms with Crippen LogP contribution in [-0.2, 0) is 19.0 Å². The number of hydrogen-bond acceptors (Lipinski definition) is 4. The molecule has 4 heteroatoms. The van der Waals surface area contributed by atoms with Crippen molar-refractivity contribution in [3.05, 3.63) is 0 Å². The summed E-state index contributed by atoms with van der Waals surface area (Å²) in [5, 5.41) is 0. The van der Waals surface area contributed by atoms with Gasteiger partial charge in [-0.15, -0.1) is 0 Å². The lowest BCUT2D eigenvalue weighted by Gasteiger charge is -2.20. The number of methoxy groups -OCH3 is 2. The first-order valence-electron chi connectivity index (χ1n) is 4.02. The van der Waals surface area contributed by atoms with Gasteiger partial charge in [-0.05, 0) is 0 Å². The number of Topliss-reactive ketones (excluding diaryl/α,β-unsaturated/α-hetero) is 1. The van der Waals surface area contributed by atoms with Gasteiger partial charge in [-0.25, -0.2) is 0 Å². The highest BCUT2D eigenvalue weighted by atomic mass is 16.6. The molecular formula is C8H12O4. The molecule has 0 amide bonds. The molecule has 0 aromatic heterocycles. The Hall–Kier alpha value is -0.450. The Labute approximate surface area is 70.8 Å². The van der Waals surface area contributed by atoms with Crippen LogP contribution in [0.15, 0.2) is 0 Å². The Bertz CT molecular complexity index is 203. The fourth-order valence-electron chi connectivity index (χ4n) is 1.96. The second-order valence-electron chi connectivity index (χ2n) is 3.16. The average Bonchev–Trinajstić information content (AvgIpc) is 2.60. The smallest absolute Gasteiger partial charge is 0.195 e. The predicted octanol–water partition coefficient (Wildman–Crippen LogP) is -0.243. The highest BCUT2D eigenvalue weighted by Crippen LogP contribution is 2.34. The largest absolute Gasteiger partial charge is 0.378 e. The van der Waals surface area contributed by atoms with Crippen molar-refractivity contribution in [1.29, 1.82) is 0 Å². The van der Waals surface area contributed by atoms with Gasteiger partial charge in [0.25, 0.3) is 0 Å². The summed E-state index contributed by atoms with van der Waals surface area (Å²) in [6, 6.07) is 0. The van der Waals surface area contributed by atoms with E-state index in [4.69, 9.17) is 14.2 Å². The summed E-state index contributed by atoms with van der Waals surface area (Å²) in [5.41, 5.74) is 0. The van der Waals surface area contributed by atoms with Crippen LogP contribution in [0.25, 0.3) is 0 Å². The molecule has 2 fully saturated rings. The Balaban J connectivity index is 2.12. The molecule has 0 N–H and O–H groups in total. The van der Waals surface area contributed by atoms with Crippen molar-refractivity contribution in [2.75, 3.05) is 14.2 Å². The lowest BCUT2D eigenvalue weighted by atomic mass is 9.94. The van der Waals surface area contributed by atoms with Crippen molar-refractivity contribution in [3.63, 3.8) is 0 Å². The molecule has 68 valence electrons. The number of carbonyl (C=O) groups excluding carboxylic acids is 1. The van der Waals surface area contributed by atoms with Gasteiger partial charge in [0.1, 0.15) is 12.2 Å². The number of carbonyl (C=O) groups is 1. The minimum absolute atomic E-state index is 0.0283. The van der Waals surface area contributed by atoms with E-state index < -0.39 is 0 Å². The van der Waals surface area contributed by atoms with Crippen LogP contribution in [0.4, 0.5) is 0 Å². The molecule has 0 aromatic rings. The van der Waals surface area contributed by atoms with Gasteiger partial charge >= 0.3 is 0 Å². The molecule has 0 aromatic carbocycles. The van der Waals surface area contributed by atoms with Crippen LogP contribution in [0.3, 0.4) is 0 Å². The molecule has 0 spiro atoms. The zero-order chi connectivity index (χ0) is 8.72. The molecule has 2 heterocycles. The van der Waals surface area contributed by atoms with Gasteiger partial charge in [-0.2, -0.15) is 0 Å². The molecule has 4 atom stereocenters. The SMILES string of the molecule is CO[C@H]1C[C@@H]2O[C@H]1C(=O)[C@@H]2OC. The lowest BCUT2D eigenvalue weighted by Crippen LogP contribution is -2.41. The van der Waals surface area contributed by atoms with Crippen molar-refractivity contribution in [2.24, 2.45) is 0 Å². The van der Waals surface area contributed by atoms with Crippen molar-refractivity contribution in [3.8, 4) is 0 Å². The molecule has 0 aliphatic carbocycles. The molecule has 2 bridgehead atoms. The first-order chi connectivity index (χ1) is 5.77. The fraction of sp³-hybridized carbons (Fsp3) is 0.875. The number of ketones is 1.